The number of benzene rings is 1. The first kappa shape index (κ1) is 14.0. The molecule has 0 spiro atoms. The monoisotopic (exact) mass is 245 g/mol. The Morgan fingerprint density at radius 1 is 1.29 bits per heavy atom. The molecule has 96 valence electrons. The van der Waals surface area contributed by atoms with Gasteiger partial charge in [-0.05, 0) is 37.9 Å². The fourth-order valence-electron chi connectivity index (χ4n) is 1.80. The molecule has 0 aromatic heterocycles. The number of aryl methyl sites for hydroxylation is 1. The second kappa shape index (κ2) is 6.05. The molecule has 1 aromatic rings. The van der Waals surface area contributed by atoms with Crippen molar-refractivity contribution in [3.8, 4) is 0 Å². The lowest BCUT2D eigenvalue weighted by Crippen LogP contribution is -2.24. The highest BCUT2D eigenvalue weighted by molar-refractivity contribution is 5.25. The molecule has 0 fully saturated rings. The van der Waals surface area contributed by atoms with E-state index in [1.165, 1.54) is 12.1 Å². The van der Waals surface area contributed by atoms with Crippen molar-refractivity contribution >= 4 is 0 Å². The Hall–Kier alpha value is -1.03. The van der Waals surface area contributed by atoms with Gasteiger partial charge in [-0.2, -0.15) is 13.2 Å². The van der Waals surface area contributed by atoms with Crippen molar-refractivity contribution in [2.75, 3.05) is 7.05 Å². The Balaban J connectivity index is 2.66. The van der Waals surface area contributed by atoms with Gasteiger partial charge >= 0.3 is 6.18 Å². The maximum absolute atomic E-state index is 12.5. The summed E-state index contributed by atoms with van der Waals surface area (Å²) in [4.78, 5) is 0. The van der Waals surface area contributed by atoms with Crippen LogP contribution in [0.25, 0.3) is 0 Å². The SMILES string of the molecule is CCC(CCc1cccc(C(F)(F)F)c1)NC. The number of nitrogens with one attached hydrogen (secondary N) is 1. The van der Waals surface area contributed by atoms with Gasteiger partial charge in [-0.25, -0.2) is 0 Å². The van der Waals surface area contributed by atoms with Gasteiger partial charge in [0.2, 0.25) is 0 Å². The van der Waals surface area contributed by atoms with E-state index >= 15 is 0 Å². The van der Waals surface area contributed by atoms with Gasteiger partial charge in [-0.1, -0.05) is 25.1 Å². The van der Waals surface area contributed by atoms with E-state index < -0.39 is 11.7 Å². The molecule has 1 aromatic carbocycles. The van der Waals surface area contributed by atoms with Crippen LogP contribution in [0.3, 0.4) is 0 Å². The lowest BCUT2D eigenvalue weighted by molar-refractivity contribution is -0.137. The molecule has 4 heteroatoms. The molecule has 1 rings (SSSR count). The maximum atomic E-state index is 12.5. The zero-order valence-corrected chi connectivity index (χ0v) is 10.1. The van der Waals surface area contributed by atoms with Crippen molar-refractivity contribution in [2.45, 2.75) is 38.4 Å². The first-order valence-corrected chi connectivity index (χ1v) is 5.80. The van der Waals surface area contributed by atoms with Crippen molar-refractivity contribution in [3.63, 3.8) is 0 Å². The van der Waals surface area contributed by atoms with Crippen LogP contribution in [0.15, 0.2) is 24.3 Å². The predicted molar refractivity (Wildman–Crippen MR) is 62.9 cm³/mol. The third-order valence-electron chi connectivity index (χ3n) is 2.94. The van der Waals surface area contributed by atoms with E-state index in [2.05, 4.69) is 12.2 Å². The van der Waals surface area contributed by atoms with Gasteiger partial charge in [0.15, 0.2) is 0 Å². The van der Waals surface area contributed by atoms with Crippen LogP contribution in [0.2, 0.25) is 0 Å². The minimum atomic E-state index is -4.25. The Morgan fingerprint density at radius 2 is 2.00 bits per heavy atom. The minimum absolute atomic E-state index is 0.365. The summed E-state index contributed by atoms with van der Waals surface area (Å²) in [5.41, 5.74) is 0.182. The van der Waals surface area contributed by atoms with Gasteiger partial charge in [0, 0.05) is 6.04 Å². The van der Waals surface area contributed by atoms with Gasteiger partial charge in [0.25, 0.3) is 0 Å². The molecular weight excluding hydrogens is 227 g/mol. The van der Waals surface area contributed by atoms with Crippen LogP contribution in [0, 0.1) is 0 Å². The van der Waals surface area contributed by atoms with Gasteiger partial charge in [0.05, 0.1) is 5.56 Å². The van der Waals surface area contributed by atoms with Gasteiger partial charge in [-0.3, -0.25) is 0 Å². The molecule has 0 aliphatic rings. The third kappa shape index (κ3) is 4.38. The number of rotatable bonds is 5. The highest BCUT2D eigenvalue weighted by Gasteiger charge is 2.30. The highest BCUT2D eigenvalue weighted by Crippen LogP contribution is 2.29. The fraction of sp³-hybridized carbons (Fsp3) is 0.538. The van der Waals surface area contributed by atoms with Gasteiger partial charge in [-0.15, -0.1) is 0 Å². The molecular formula is C13H18F3N. The molecule has 17 heavy (non-hydrogen) atoms. The topological polar surface area (TPSA) is 12.0 Å². The zero-order chi connectivity index (χ0) is 12.9. The molecule has 0 saturated heterocycles. The lowest BCUT2D eigenvalue weighted by atomic mass is 10.0. The summed E-state index contributed by atoms with van der Waals surface area (Å²) in [5.74, 6) is 0. The minimum Gasteiger partial charge on any atom is -0.317 e. The Kier molecular flexibility index (Phi) is 5.00. The molecule has 0 heterocycles. The van der Waals surface area contributed by atoms with Crippen LogP contribution in [-0.4, -0.2) is 13.1 Å². The highest BCUT2D eigenvalue weighted by atomic mass is 19.4. The van der Waals surface area contributed by atoms with E-state index in [4.69, 9.17) is 0 Å². The number of hydrogen-bond acceptors (Lipinski definition) is 1. The molecule has 0 aliphatic carbocycles. The van der Waals surface area contributed by atoms with Crippen molar-refractivity contribution < 1.29 is 13.2 Å². The van der Waals surface area contributed by atoms with Crippen molar-refractivity contribution in [1.82, 2.24) is 5.32 Å². The average Bonchev–Trinajstić information content (AvgIpc) is 2.30. The van der Waals surface area contributed by atoms with E-state index in [-0.39, 0.29) is 0 Å². The van der Waals surface area contributed by atoms with Gasteiger partial charge in [0.1, 0.15) is 0 Å². The van der Waals surface area contributed by atoms with Crippen molar-refractivity contribution in [3.05, 3.63) is 35.4 Å². The standard InChI is InChI=1S/C13H18F3N/c1-3-12(17-2)8-7-10-5-4-6-11(9-10)13(14,15)16/h4-6,9,12,17H,3,7-8H2,1-2H3. The fourth-order valence-corrected chi connectivity index (χ4v) is 1.80. The second-order valence-corrected chi connectivity index (χ2v) is 4.13. The van der Waals surface area contributed by atoms with E-state index in [1.54, 1.807) is 6.07 Å². The average molecular weight is 245 g/mol. The molecule has 1 nitrogen and oxygen atoms in total. The number of hydrogen-bond donors (Lipinski definition) is 1. The summed E-state index contributed by atoms with van der Waals surface area (Å²) in [5, 5.41) is 3.14. The van der Waals surface area contributed by atoms with Crippen LogP contribution in [0.1, 0.15) is 30.9 Å². The molecule has 1 N–H and O–H groups in total. The summed E-state index contributed by atoms with van der Waals surface area (Å²) in [6.45, 7) is 2.06. The maximum Gasteiger partial charge on any atom is 0.416 e. The summed E-state index contributed by atoms with van der Waals surface area (Å²) in [6, 6.07) is 5.93. The summed E-state index contributed by atoms with van der Waals surface area (Å²) in [6.07, 6.45) is -1.74. The molecule has 1 unspecified atom stereocenters. The molecule has 0 amide bonds. The van der Waals surface area contributed by atoms with E-state index in [9.17, 15) is 13.2 Å². The van der Waals surface area contributed by atoms with Gasteiger partial charge < -0.3 is 5.32 Å². The smallest absolute Gasteiger partial charge is 0.317 e. The molecule has 1 atom stereocenters. The molecule has 0 aliphatic heterocycles. The largest absolute Gasteiger partial charge is 0.416 e. The molecule has 0 saturated carbocycles. The van der Waals surface area contributed by atoms with E-state index in [0.29, 0.717) is 12.5 Å². The zero-order valence-electron chi connectivity index (χ0n) is 10.1. The Labute approximate surface area is 100 Å². The van der Waals surface area contributed by atoms with Crippen LogP contribution in [0.4, 0.5) is 13.2 Å². The first-order valence-electron chi connectivity index (χ1n) is 5.80. The van der Waals surface area contributed by atoms with Crippen LogP contribution in [0.5, 0.6) is 0 Å². The van der Waals surface area contributed by atoms with Crippen LogP contribution >= 0.6 is 0 Å². The Bertz CT molecular complexity index is 343. The Morgan fingerprint density at radius 3 is 2.53 bits per heavy atom. The van der Waals surface area contributed by atoms with Crippen LogP contribution in [-0.2, 0) is 12.6 Å². The number of alkyl halides is 3. The second-order valence-electron chi connectivity index (χ2n) is 4.13. The number of halogens is 3. The molecule has 0 radical (unpaired) electrons. The normalized spacial score (nSPS) is 13.7. The summed E-state index contributed by atoms with van der Waals surface area (Å²) in [7, 11) is 1.88. The molecule has 0 bridgehead atoms. The lowest BCUT2D eigenvalue weighted by Gasteiger charge is -2.14. The van der Waals surface area contributed by atoms with Crippen molar-refractivity contribution in [2.24, 2.45) is 0 Å². The first-order chi connectivity index (χ1) is 7.97. The quantitative estimate of drug-likeness (QED) is 0.835. The predicted octanol–water partition coefficient (Wildman–Crippen LogP) is 3.64. The van der Waals surface area contributed by atoms with E-state index in [1.807, 2.05) is 7.05 Å². The van der Waals surface area contributed by atoms with Crippen LogP contribution < -0.4 is 5.32 Å². The van der Waals surface area contributed by atoms with Crippen molar-refractivity contribution in [1.29, 1.82) is 0 Å². The van der Waals surface area contributed by atoms with E-state index in [0.717, 1.165) is 24.5 Å². The summed E-state index contributed by atoms with van der Waals surface area (Å²) >= 11 is 0. The third-order valence-corrected chi connectivity index (χ3v) is 2.94. The summed E-state index contributed by atoms with van der Waals surface area (Å²) < 4.78 is 37.5.